The van der Waals surface area contributed by atoms with E-state index in [9.17, 15) is 4.39 Å². The van der Waals surface area contributed by atoms with Crippen LogP contribution in [0.15, 0.2) is 59.1 Å². The number of hydrogen-bond donors (Lipinski definition) is 0. The zero-order valence-electron chi connectivity index (χ0n) is 11.6. The average Bonchev–Trinajstić information content (AvgIpc) is 2.50. The van der Waals surface area contributed by atoms with Gasteiger partial charge in [0.15, 0.2) is 0 Å². The first-order valence-corrected chi connectivity index (χ1v) is 7.49. The Morgan fingerprint density at radius 1 is 1.05 bits per heavy atom. The molecule has 0 amide bonds. The van der Waals surface area contributed by atoms with Gasteiger partial charge in [-0.25, -0.2) is 4.39 Å². The lowest BCUT2D eigenvalue weighted by atomic mass is 10.1. The van der Waals surface area contributed by atoms with E-state index in [-0.39, 0.29) is 5.82 Å². The molecule has 0 radical (unpaired) electrons. The van der Waals surface area contributed by atoms with Crippen LogP contribution in [-0.2, 0) is 6.61 Å². The highest BCUT2D eigenvalue weighted by molar-refractivity contribution is 9.10. The molecule has 106 valence electrons. The molecule has 21 heavy (non-hydrogen) atoms. The third-order valence-corrected chi connectivity index (χ3v) is 4.34. The van der Waals surface area contributed by atoms with Gasteiger partial charge in [0.05, 0.1) is 4.47 Å². The van der Waals surface area contributed by atoms with Gasteiger partial charge in [-0.1, -0.05) is 36.4 Å². The maximum absolute atomic E-state index is 13.3. The molecule has 0 N–H and O–H groups in total. The number of hydrogen-bond acceptors (Lipinski definition) is 1. The Bertz CT molecular complexity index is 798. The van der Waals surface area contributed by atoms with Gasteiger partial charge in [-0.05, 0) is 63.0 Å². The highest BCUT2D eigenvalue weighted by Gasteiger charge is 2.07. The number of rotatable bonds is 3. The molecular formula is C18H14BrFO. The van der Waals surface area contributed by atoms with Gasteiger partial charge in [0.25, 0.3) is 0 Å². The van der Waals surface area contributed by atoms with E-state index in [0.29, 0.717) is 6.61 Å². The minimum absolute atomic E-state index is 0.239. The maximum atomic E-state index is 13.3. The van der Waals surface area contributed by atoms with Gasteiger partial charge >= 0.3 is 0 Å². The first-order chi connectivity index (χ1) is 10.1. The van der Waals surface area contributed by atoms with Crippen molar-refractivity contribution in [2.45, 2.75) is 13.5 Å². The molecule has 0 aliphatic rings. The Morgan fingerprint density at radius 3 is 2.71 bits per heavy atom. The molecule has 3 rings (SSSR count). The Labute approximate surface area is 131 Å². The summed E-state index contributed by atoms with van der Waals surface area (Å²) in [5.41, 5.74) is 1.88. The van der Waals surface area contributed by atoms with Crippen LogP contribution < -0.4 is 4.74 Å². The van der Waals surface area contributed by atoms with Crippen molar-refractivity contribution in [3.8, 4) is 5.75 Å². The van der Waals surface area contributed by atoms with Crippen molar-refractivity contribution in [3.63, 3.8) is 0 Å². The second-order valence-electron chi connectivity index (χ2n) is 4.96. The number of benzene rings is 3. The molecule has 0 saturated heterocycles. The molecule has 3 aromatic rings. The summed E-state index contributed by atoms with van der Waals surface area (Å²) >= 11 is 3.59. The fourth-order valence-electron chi connectivity index (χ4n) is 2.28. The van der Waals surface area contributed by atoms with Crippen LogP contribution in [0, 0.1) is 12.7 Å². The lowest BCUT2D eigenvalue weighted by molar-refractivity contribution is 0.303. The summed E-state index contributed by atoms with van der Waals surface area (Å²) in [5.74, 6) is 0.522. The van der Waals surface area contributed by atoms with Gasteiger partial charge in [0.2, 0.25) is 0 Å². The highest BCUT2D eigenvalue weighted by Crippen LogP contribution is 2.33. The molecule has 0 bridgehead atoms. The molecule has 0 unspecified atom stereocenters. The summed E-state index contributed by atoms with van der Waals surface area (Å²) in [7, 11) is 0. The van der Waals surface area contributed by atoms with Gasteiger partial charge in [-0.2, -0.15) is 0 Å². The van der Waals surface area contributed by atoms with Crippen molar-refractivity contribution < 1.29 is 9.13 Å². The van der Waals surface area contributed by atoms with Gasteiger partial charge in [0, 0.05) is 0 Å². The Balaban J connectivity index is 1.88. The van der Waals surface area contributed by atoms with E-state index in [1.165, 1.54) is 12.1 Å². The van der Waals surface area contributed by atoms with Crippen LogP contribution in [0.25, 0.3) is 10.8 Å². The summed E-state index contributed by atoms with van der Waals surface area (Å²) < 4.78 is 20.1. The fourth-order valence-corrected chi connectivity index (χ4v) is 2.88. The van der Waals surface area contributed by atoms with Crippen molar-refractivity contribution in [2.24, 2.45) is 0 Å². The molecule has 0 heterocycles. The van der Waals surface area contributed by atoms with E-state index >= 15 is 0 Å². The van der Waals surface area contributed by atoms with Crippen molar-refractivity contribution >= 4 is 26.7 Å². The van der Waals surface area contributed by atoms with Crippen LogP contribution >= 0.6 is 15.9 Å². The van der Waals surface area contributed by atoms with E-state index < -0.39 is 0 Å². The van der Waals surface area contributed by atoms with Gasteiger partial charge in [-0.15, -0.1) is 0 Å². The van der Waals surface area contributed by atoms with Crippen molar-refractivity contribution in [1.82, 2.24) is 0 Å². The Kier molecular flexibility index (Phi) is 3.93. The van der Waals surface area contributed by atoms with Gasteiger partial charge < -0.3 is 4.74 Å². The van der Waals surface area contributed by atoms with Crippen molar-refractivity contribution in [3.05, 3.63) is 76.0 Å². The maximum Gasteiger partial charge on any atom is 0.134 e. The zero-order chi connectivity index (χ0) is 14.8. The smallest absolute Gasteiger partial charge is 0.134 e. The Morgan fingerprint density at radius 2 is 1.86 bits per heavy atom. The Hall–Kier alpha value is -1.87. The lowest BCUT2D eigenvalue weighted by Gasteiger charge is -2.12. The summed E-state index contributed by atoms with van der Waals surface area (Å²) in [5, 5.41) is 2.25. The monoisotopic (exact) mass is 344 g/mol. The summed E-state index contributed by atoms with van der Waals surface area (Å²) in [6.45, 7) is 2.30. The zero-order valence-corrected chi connectivity index (χ0v) is 13.2. The van der Waals surface area contributed by atoms with Crippen LogP contribution in [-0.4, -0.2) is 0 Å². The largest absolute Gasteiger partial charge is 0.488 e. The average molecular weight is 345 g/mol. The van der Waals surface area contributed by atoms with Crippen LogP contribution in [0.5, 0.6) is 5.75 Å². The first-order valence-electron chi connectivity index (χ1n) is 6.70. The number of aryl methyl sites for hydroxylation is 1. The van der Waals surface area contributed by atoms with Crippen LogP contribution in [0.3, 0.4) is 0 Å². The van der Waals surface area contributed by atoms with E-state index in [1.807, 2.05) is 37.3 Å². The molecule has 0 saturated carbocycles. The summed E-state index contributed by atoms with van der Waals surface area (Å²) in [6.07, 6.45) is 0. The number of halogens is 2. The van der Waals surface area contributed by atoms with Crippen LogP contribution in [0.1, 0.15) is 11.1 Å². The van der Waals surface area contributed by atoms with E-state index in [1.54, 1.807) is 6.07 Å². The quantitative estimate of drug-likeness (QED) is 0.598. The minimum atomic E-state index is -0.239. The molecule has 0 aromatic heterocycles. The molecule has 0 atom stereocenters. The lowest BCUT2D eigenvalue weighted by Crippen LogP contribution is -1.99. The molecular weight excluding hydrogens is 331 g/mol. The topological polar surface area (TPSA) is 9.23 Å². The third kappa shape index (κ3) is 2.93. The molecule has 0 fully saturated rings. The SMILES string of the molecule is Cc1ccc(F)cc1COc1ccc2ccccc2c1Br. The second-order valence-corrected chi connectivity index (χ2v) is 5.75. The minimum Gasteiger partial charge on any atom is -0.488 e. The van der Waals surface area contributed by atoms with E-state index in [0.717, 1.165) is 32.1 Å². The van der Waals surface area contributed by atoms with Crippen molar-refractivity contribution in [1.29, 1.82) is 0 Å². The summed E-state index contributed by atoms with van der Waals surface area (Å²) in [6, 6.07) is 16.8. The first kappa shape index (κ1) is 14.1. The number of ether oxygens (including phenoxy) is 1. The molecule has 0 aliphatic carbocycles. The predicted molar refractivity (Wildman–Crippen MR) is 87.1 cm³/mol. The summed E-state index contributed by atoms with van der Waals surface area (Å²) in [4.78, 5) is 0. The standard InChI is InChI=1S/C18H14BrFO/c1-12-6-8-15(20)10-14(12)11-21-17-9-7-13-4-2-3-5-16(13)18(17)19/h2-10H,11H2,1H3. The molecule has 3 heteroatoms. The highest BCUT2D eigenvalue weighted by atomic mass is 79.9. The molecule has 1 nitrogen and oxygen atoms in total. The van der Waals surface area contributed by atoms with Gasteiger partial charge in [0.1, 0.15) is 18.2 Å². The molecule has 0 aliphatic heterocycles. The predicted octanol–water partition coefficient (Wildman–Crippen LogP) is 5.63. The van der Waals surface area contributed by atoms with E-state index in [4.69, 9.17) is 4.74 Å². The second kappa shape index (κ2) is 5.86. The normalized spacial score (nSPS) is 10.8. The van der Waals surface area contributed by atoms with E-state index in [2.05, 4.69) is 22.0 Å². The molecule has 0 spiro atoms. The van der Waals surface area contributed by atoms with Crippen molar-refractivity contribution in [2.75, 3.05) is 0 Å². The molecule has 3 aromatic carbocycles. The van der Waals surface area contributed by atoms with Crippen LogP contribution in [0.2, 0.25) is 0 Å². The fraction of sp³-hybridized carbons (Fsp3) is 0.111. The van der Waals surface area contributed by atoms with Gasteiger partial charge in [-0.3, -0.25) is 0 Å². The number of fused-ring (bicyclic) bond motifs is 1. The third-order valence-electron chi connectivity index (χ3n) is 3.52. The van der Waals surface area contributed by atoms with Crippen LogP contribution in [0.4, 0.5) is 4.39 Å².